The first kappa shape index (κ1) is 22.6. The molecular weight excluding hydrogens is 448 g/mol. The van der Waals surface area contributed by atoms with Gasteiger partial charge in [-0.3, -0.25) is 9.59 Å². The molecule has 0 saturated carbocycles. The van der Waals surface area contributed by atoms with Gasteiger partial charge in [-0.05, 0) is 48.4 Å². The molecule has 35 heavy (non-hydrogen) atoms. The van der Waals surface area contributed by atoms with E-state index in [4.69, 9.17) is 18.9 Å². The first-order valence-corrected chi connectivity index (χ1v) is 11.4. The lowest BCUT2D eigenvalue weighted by molar-refractivity contribution is -0.125. The second-order valence-electron chi connectivity index (χ2n) is 8.35. The van der Waals surface area contributed by atoms with Crippen LogP contribution in [0.25, 0.3) is 0 Å². The monoisotopic (exact) mass is 474 g/mol. The van der Waals surface area contributed by atoms with Crippen LogP contribution in [0.2, 0.25) is 0 Å². The van der Waals surface area contributed by atoms with Gasteiger partial charge in [-0.1, -0.05) is 24.3 Å². The zero-order valence-electron chi connectivity index (χ0n) is 19.5. The average molecular weight is 475 g/mol. The van der Waals surface area contributed by atoms with Crippen molar-refractivity contribution in [3.8, 4) is 23.0 Å². The molecule has 0 aromatic heterocycles. The summed E-state index contributed by atoms with van der Waals surface area (Å²) in [5.74, 6) is 1.71. The molecule has 0 bridgehead atoms. The number of anilines is 2. The number of para-hydroxylation sites is 2. The largest absolute Gasteiger partial charge is 0.497 e. The highest BCUT2D eigenvalue weighted by Gasteiger charge is 2.42. The van der Waals surface area contributed by atoms with Crippen LogP contribution in [0.15, 0.2) is 66.7 Å². The van der Waals surface area contributed by atoms with Crippen molar-refractivity contribution >= 4 is 23.2 Å². The van der Waals surface area contributed by atoms with Crippen LogP contribution in [0.3, 0.4) is 0 Å². The van der Waals surface area contributed by atoms with E-state index >= 15 is 0 Å². The van der Waals surface area contributed by atoms with Gasteiger partial charge in [0.15, 0.2) is 11.5 Å². The standard InChI is InChI=1S/C27H26N2O6/c1-32-19-10-7-17(8-11-19)26-20(27(31)28-21-5-3-4-6-22(21)33-2)12-14-25(30)29(26)18-9-13-23-24(15-18)35-16-34-23/h3-11,13,15,20,26H,12,14,16H2,1-2H3,(H,28,31)/t20-,26+/m0/s1. The molecule has 8 heteroatoms. The summed E-state index contributed by atoms with van der Waals surface area (Å²) in [4.78, 5) is 28.6. The number of hydrogen-bond acceptors (Lipinski definition) is 6. The summed E-state index contributed by atoms with van der Waals surface area (Å²) < 4.78 is 21.7. The molecule has 8 nitrogen and oxygen atoms in total. The first-order valence-electron chi connectivity index (χ1n) is 11.4. The molecule has 2 aliphatic rings. The minimum absolute atomic E-state index is 0.0639. The number of benzene rings is 3. The summed E-state index contributed by atoms with van der Waals surface area (Å²) in [5.41, 5.74) is 2.06. The Labute approximate surface area is 203 Å². The highest BCUT2D eigenvalue weighted by Crippen LogP contribution is 2.44. The van der Waals surface area contributed by atoms with Crippen LogP contribution in [0, 0.1) is 5.92 Å². The summed E-state index contributed by atoms with van der Waals surface area (Å²) in [7, 11) is 3.16. The van der Waals surface area contributed by atoms with Crippen molar-refractivity contribution in [1.82, 2.24) is 0 Å². The normalized spacial score (nSPS) is 18.8. The van der Waals surface area contributed by atoms with Gasteiger partial charge in [0.25, 0.3) is 0 Å². The van der Waals surface area contributed by atoms with Crippen LogP contribution >= 0.6 is 0 Å². The fourth-order valence-electron chi connectivity index (χ4n) is 4.66. The van der Waals surface area contributed by atoms with Crippen LogP contribution in [0.5, 0.6) is 23.0 Å². The number of carbonyl (C=O) groups is 2. The lowest BCUT2D eigenvalue weighted by Crippen LogP contribution is -2.47. The van der Waals surface area contributed by atoms with E-state index in [1.807, 2.05) is 42.5 Å². The predicted octanol–water partition coefficient (Wildman–Crippen LogP) is 4.56. The van der Waals surface area contributed by atoms with Gasteiger partial charge >= 0.3 is 0 Å². The molecule has 1 fully saturated rings. The second kappa shape index (κ2) is 9.58. The van der Waals surface area contributed by atoms with Gasteiger partial charge in [0.1, 0.15) is 11.5 Å². The van der Waals surface area contributed by atoms with Gasteiger partial charge in [-0.25, -0.2) is 0 Å². The maximum atomic E-state index is 13.6. The molecule has 0 spiro atoms. The van der Waals surface area contributed by atoms with Crippen molar-refractivity contribution in [2.24, 2.45) is 5.92 Å². The van der Waals surface area contributed by atoms with Crippen LogP contribution in [0.4, 0.5) is 11.4 Å². The van der Waals surface area contributed by atoms with Crippen LogP contribution in [-0.2, 0) is 9.59 Å². The number of carbonyl (C=O) groups excluding carboxylic acids is 2. The summed E-state index contributed by atoms with van der Waals surface area (Å²) in [6, 6.07) is 19.6. The number of ether oxygens (including phenoxy) is 4. The highest BCUT2D eigenvalue weighted by atomic mass is 16.7. The Morgan fingerprint density at radius 3 is 2.51 bits per heavy atom. The summed E-state index contributed by atoms with van der Waals surface area (Å²) in [6.45, 7) is 0.137. The van der Waals surface area contributed by atoms with Crippen molar-refractivity contribution in [2.75, 3.05) is 31.2 Å². The van der Waals surface area contributed by atoms with E-state index in [0.717, 1.165) is 5.56 Å². The molecule has 2 atom stereocenters. The van der Waals surface area contributed by atoms with Gasteiger partial charge < -0.3 is 29.2 Å². The number of methoxy groups -OCH3 is 2. The summed E-state index contributed by atoms with van der Waals surface area (Å²) in [5, 5.41) is 3.01. The van der Waals surface area contributed by atoms with Gasteiger partial charge in [0.05, 0.1) is 31.9 Å². The third kappa shape index (κ3) is 4.35. The number of nitrogens with one attached hydrogen (secondary N) is 1. The Morgan fingerprint density at radius 1 is 0.971 bits per heavy atom. The zero-order chi connectivity index (χ0) is 24.4. The Morgan fingerprint density at radius 2 is 1.74 bits per heavy atom. The molecule has 2 aliphatic heterocycles. The Bertz CT molecular complexity index is 1240. The van der Waals surface area contributed by atoms with Gasteiger partial charge in [-0.15, -0.1) is 0 Å². The molecule has 0 radical (unpaired) electrons. The maximum Gasteiger partial charge on any atom is 0.231 e. The van der Waals surface area contributed by atoms with E-state index in [0.29, 0.717) is 40.8 Å². The Balaban J connectivity index is 1.54. The van der Waals surface area contributed by atoms with Crippen molar-refractivity contribution < 1.29 is 28.5 Å². The third-order valence-corrected chi connectivity index (χ3v) is 6.39. The second-order valence-corrected chi connectivity index (χ2v) is 8.35. The van der Waals surface area contributed by atoms with Crippen molar-refractivity contribution in [1.29, 1.82) is 0 Å². The fourth-order valence-corrected chi connectivity index (χ4v) is 4.66. The molecule has 3 aromatic rings. The average Bonchev–Trinajstić information content (AvgIpc) is 3.37. The summed E-state index contributed by atoms with van der Waals surface area (Å²) >= 11 is 0. The quantitative estimate of drug-likeness (QED) is 0.564. The van der Waals surface area contributed by atoms with Crippen molar-refractivity contribution in [3.05, 3.63) is 72.3 Å². The Hall–Kier alpha value is -4.20. The van der Waals surface area contributed by atoms with Crippen LogP contribution in [0.1, 0.15) is 24.4 Å². The maximum absolute atomic E-state index is 13.6. The van der Waals surface area contributed by atoms with E-state index < -0.39 is 12.0 Å². The molecule has 0 unspecified atom stereocenters. The van der Waals surface area contributed by atoms with E-state index in [1.165, 1.54) is 0 Å². The predicted molar refractivity (Wildman–Crippen MR) is 130 cm³/mol. The summed E-state index contributed by atoms with van der Waals surface area (Å²) in [6.07, 6.45) is 0.655. The SMILES string of the molecule is COc1ccc([C@@H]2[C@@H](C(=O)Nc3ccccc3OC)CCC(=O)N2c2ccc3c(c2)OCO3)cc1. The highest BCUT2D eigenvalue weighted by molar-refractivity contribution is 6.01. The lowest BCUT2D eigenvalue weighted by atomic mass is 9.83. The molecular formula is C27H26N2O6. The number of hydrogen-bond donors (Lipinski definition) is 1. The Kier molecular flexibility index (Phi) is 6.18. The number of amides is 2. The molecule has 2 heterocycles. The van der Waals surface area contributed by atoms with Crippen LogP contribution in [-0.4, -0.2) is 32.8 Å². The molecule has 180 valence electrons. The minimum atomic E-state index is -0.530. The molecule has 5 rings (SSSR count). The van der Waals surface area contributed by atoms with Crippen molar-refractivity contribution in [3.63, 3.8) is 0 Å². The number of piperidine rings is 1. The van der Waals surface area contributed by atoms with Gasteiger partial charge in [0, 0.05) is 18.2 Å². The van der Waals surface area contributed by atoms with Crippen molar-refractivity contribution in [2.45, 2.75) is 18.9 Å². The molecule has 0 aliphatic carbocycles. The van der Waals surface area contributed by atoms with E-state index in [2.05, 4.69) is 5.32 Å². The smallest absolute Gasteiger partial charge is 0.231 e. The lowest BCUT2D eigenvalue weighted by Gasteiger charge is -2.41. The molecule has 1 saturated heterocycles. The number of rotatable bonds is 6. The third-order valence-electron chi connectivity index (χ3n) is 6.39. The minimum Gasteiger partial charge on any atom is -0.497 e. The fraction of sp³-hybridized carbons (Fsp3) is 0.259. The van der Waals surface area contributed by atoms with E-state index in [-0.39, 0.29) is 25.0 Å². The molecule has 1 N–H and O–H groups in total. The number of nitrogens with zero attached hydrogens (tertiary/aromatic N) is 1. The zero-order valence-corrected chi connectivity index (χ0v) is 19.5. The van der Waals surface area contributed by atoms with Gasteiger partial charge in [0.2, 0.25) is 18.6 Å². The topological polar surface area (TPSA) is 86.3 Å². The molecule has 3 aromatic carbocycles. The molecule has 2 amide bonds. The first-order chi connectivity index (χ1) is 17.1. The van der Waals surface area contributed by atoms with Gasteiger partial charge in [-0.2, -0.15) is 0 Å². The van der Waals surface area contributed by atoms with E-state index in [9.17, 15) is 9.59 Å². The number of fused-ring (bicyclic) bond motifs is 1. The van der Waals surface area contributed by atoms with E-state index in [1.54, 1.807) is 43.4 Å². The van der Waals surface area contributed by atoms with Crippen LogP contribution < -0.4 is 29.2 Å².